The van der Waals surface area contributed by atoms with Crippen molar-refractivity contribution in [3.63, 3.8) is 0 Å². The minimum Gasteiger partial charge on any atom is -0.497 e. The number of anilines is 1. The first kappa shape index (κ1) is 18.0. The van der Waals surface area contributed by atoms with Gasteiger partial charge in [-0.25, -0.2) is 0 Å². The lowest BCUT2D eigenvalue weighted by atomic mass is 10.2. The fraction of sp³-hybridized carbons (Fsp3) is 0.0476. The van der Waals surface area contributed by atoms with Crippen LogP contribution in [0.1, 0.15) is 16.1 Å². The van der Waals surface area contributed by atoms with Crippen molar-refractivity contribution < 1.29 is 18.7 Å². The van der Waals surface area contributed by atoms with Gasteiger partial charge >= 0.3 is 0 Å². The quantitative estimate of drug-likeness (QED) is 0.655. The third-order valence-corrected chi connectivity index (χ3v) is 3.69. The van der Waals surface area contributed by atoms with Gasteiger partial charge in [-0.1, -0.05) is 24.3 Å². The predicted octanol–water partition coefficient (Wildman–Crippen LogP) is 3.70. The molecule has 0 aliphatic heterocycles. The molecule has 136 valence electrons. The number of amides is 2. The normalized spacial score (nSPS) is 10.9. The maximum absolute atomic E-state index is 12.7. The first-order valence-corrected chi connectivity index (χ1v) is 8.23. The summed E-state index contributed by atoms with van der Waals surface area (Å²) in [5, 5.41) is 5.38. The molecule has 0 saturated carbocycles. The van der Waals surface area contributed by atoms with E-state index >= 15 is 0 Å². The molecule has 2 aromatic carbocycles. The Labute approximate surface area is 156 Å². The van der Waals surface area contributed by atoms with Crippen LogP contribution in [-0.4, -0.2) is 18.9 Å². The summed E-state index contributed by atoms with van der Waals surface area (Å²) in [4.78, 5) is 25.2. The number of methoxy groups -OCH3 is 1. The molecule has 1 aromatic heterocycles. The summed E-state index contributed by atoms with van der Waals surface area (Å²) in [6, 6.07) is 19.0. The standard InChI is InChI=1S/C21H18N2O4/c1-26-17-10-5-9-16(13-17)22-21(25)19(14-18-11-6-12-27-18)23-20(24)15-7-3-2-4-8-15/h2-14H,1H3,(H,22,25)(H,23,24)/b19-14+. The number of rotatable bonds is 6. The van der Waals surface area contributed by atoms with Crippen molar-refractivity contribution in [2.24, 2.45) is 0 Å². The minimum absolute atomic E-state index is 0.0571. The Bertz CT molecular complexity index is 947. The van der Waals surface area contributed by atoms with E-state index in [9.17, 15) is 9.59 Å². The Balaban J connectivity index is 1.83. The Kier molecular flexibility index (Phi) is 5.69. The van der Waals surface area contributed by atoms with E-state index in [1.54, 1.807) is 67.8 Å². The summed E-state index contributed by atoms with van der Waals surface area (Å²) in [6.45, 7) is 0. The first-order chi connectivity index (χ1) is 13.2. The Morgan fingerprint density at radius 1 is 1.00 bits per heavy atom. The molecule has 6 heteroatoms. The number of carbonyl (C=O) groups excluding carboxylic acids is 2. The molecule has 2 amide bonds. The number of hydrogen-bond donors (Lipinski definition) is 2. The van der Waals surface area contributed by atoms with Crippen LogP contribution in [0.25, 0.3) is 6.08 Å². The largest absolute Gasteiger partial charge is 0.497 e. The third-order valence-electron chi connectivity index (χ3n) is 3.69. The van der Waals surface area contributed by atoms with Crippen LogP contribution in [0.5, 0.6) is 5.75 Å². The molecule has 0 atom stereocenters. The molecule has 3 aromatic rings. The van der Waals surface area contributed by atoms with Crippen LogP contribution in [0, 0.1) is 0 Å². The zero-order valence-corrected chi connectivity index (χ0v) is 14.6. The maximum Gasteiger partial charge on any atom is 0.272 e. The average molecular weight is 362 g/mol. The van der Waals surface area contributed by atoms with E-state index < -0.39 is 11.8 Å². The first-order valence-electron chi connectivity index (χ1n) is 8.23. The lowest BCUT2D eigenvalue weighted by Gasteiger charge is -2.11. The van der Waals surface area contributed by atoms with Crippen LogP contribution in [0.3, 0.4) is 0 Å². The molecule has 0 bridgehead atoms. The Morgan fingerprint density at radius 3 is 2.52 bits per heavy atom. The van der Waals surface area contributed by atoms with Crippen LogP contribution in [0.15, 0.2) is 83.1 Å². The summed E-state index contributed by atoms with van der Waals surface area (Å²) >= 11 is 0. The van der Waals surface area contributed by atoms with Crippen molar-refractivity contribution >= 4 is 23.6 Å². The number of benzene rings is 2. The second-order valence-corrected chi connectivity index (χ2v) is 5.58. The Morgan fingerprint density at radius 2 is 1.81 bits per heavy atom. The summed E-state index contributed by atoms with van der Waals surface area (Å²) in [5.41, 5.74) is 1.04. The van der Waals surface area contributed by atoms with Gasteiger partial charge in [0, 0.05) is 23.4 Å². The van der Waals surface area contributed by atoms with Crippen molar-refractivity contribution in [2.45, 2.75) is 0 Å². The lowest BCUT2D eigenvalue weighted by Crippen LogP contribution is -2.30. The molecule has 0 spiro atoms. The molecule has 0 aliphatic carbocycles. The van der Waals surface area contributed by atoms with Crippen molar-refractivity contribution in [3.05, 3.63) is 90.0 Å². The molecular weight excluding hydrogens is 344 g/mol. The van der Waals surface area contributed by atoms with Crippen molar-refractivity contribution in [1.82, 2.24) is 5.32 Å². The van der Waals surface area contributed by atoms with Gasteiger partial charge in [-0.2, -0.15) is 0 Å². The maximum atomic E-state index is 12.7. The van der Waals surface area contributed by atoms with Gasteiger partial charge in [-0.3, -0.25) is 9.59 Å². The Hall–Kier alpha value is -3.80. The number of nitrogens with one attached hydrogen (secondary N) is 2. The van der Waals surface area contributed by atoms with Crippen LogP contribution < -0.4 is 15.4 Å². The van der Waals surface area contributed by atoms with Crippen LogP contribution in [-0.2, 0) is 4.79 Å². The highest BCUT2D eigenvalue weighted by Gasteiger charge is 2.15. The molecule has 3 rings (SSSR count). The lowest BCUT2D eigenvalue weighted by molar-refractivity contribution is -0.113. The highest BCUT2D eigenvalue weighted by molar-refractivity contribution is 6.10. The van der Waals surface area contributed by atoms with Gasteiger partial charge in [0.2, 0.25) is 0 Å². The summed E-state index contributed by atoms with van der Waals surface area (Å²) in [6.07, 6.45) is 2.96. The number of hydrogen-bond acceptors (Lipinski definition) is 4. The van der Waals surface area contributed by atoms with Gasteiger partial charge in [0.05, 0.1) is 13.4 Å². The van der Waals surface area contributed by atoms with E-state index in [1.807, 2.05) is 6.07 Å². The highest BCUT2D eigenvalue weighted by atomic mass is 16.5. The monoisotopic (exact) mass is 362 g/mol. The molecule has 1 heterocycles. The van der Waals surface area contributed by atoms with Gasteiger partial charge in [0.15, 0.2) is 0 Å². The predicted molar refractivity (Wildman–Crippen MR) is 102 cm³/mol. The van der Waals surface area contributed by atoms with Gasteiger partial charge in [-0.05, 0) is 36.4 Å². The van der Waals surface area contributed by atoms with E-state index in [0.717, 1.165) is 0 Å². The third kappa shape index (κ3) is 4.85. The van der Waals surface area contributed by atoms with E-state index in [-0.39, 0.29) is 5.70 Å². The number of carbonyl (C=O) groups is 2. The van der Waals surface area contributed by atoms with Crippen LogP contribution in [0.4, 0.5) is 5.69 Å². The van der Waals surface area contributed by atoms with Crippen molar-refractivity contribution in [3.8, 4) is 5.75 Å². The zero-order valence-electron chi connectivity index (χ0n) is 14.6. The summed E-state index contributed by atoms with van der Waals surface area (Å²) in [5.74, 6) is 0.176. The van der Waals surface area contributed by atoms with Crippen LogP contribution >= 0.6 is 0 Å². The molecule has 2 N–H and O–H groups in total. The number of furan rings is 1. The van der Waals surface area contributed by atoms with Gasteiger partial charge in [0.25, 0.3) is 11.8 Å². The van der Waals surface area contributed by atoms with E-state index in [2.05, 4.69) is 10.6 Å². The van der Waals surface area contributed by atoms with E-state index in [1.165, 1.54) is 12.3 Å². The van der Waals surface area contributed by atoms with Crippen molar-refractivity contribution in [2.75, 3.05) is 12.4 Å². The summed E-state index contributed by atoms with van der Waals surface area (Å²) < 4.78 is 10.4. The van der Waals surface area contributed by atoms with E-state index in [4.69, 9.17) is 9.15 Å². The van der Waals surface area contributed by atoms with Gasteiger partial charge < -0.3 is 19.8 Å². The van der Waals surface area contributed by atoms with Gasteiger partial charge in [-0.15, -0.1) is 0 Å². The molecular formula is C21H18N2O4. The molecule has 0 radical (unpaired) electrons. The molecule has 6 nitrogen and oxygen atoms in total. The van der Waals surface area contributed by atoms with Crippen molar-refractivity contribution in [1.29, 1.82) is 0 Å². The van der Waals surface area contributed by atoms with Gasteiger partial charge in [0.1, 0.15) is 17.2 Å². The SMILES string of the molecule is COc1cccc(NC(=O)/C(=C\c2ccco2)NC(=O)c2ccccc2)c1. The molecule has 0 saturated heterocycles. The smallest absolute Gasteiger partial charge is 0.272 e. The molecule has 0 unspecified atom stereocenters. The van der Waals surface area contributed by atoms with Crippen LogP contribution in [0.2, 0.25) is 0 Å². The average Bonchev–Trinajstić information content (AvgIpc) is 3.21. The number of ether oxygens (including phenoxy) is 1. The topological polar surface area (TPSA) is 80.6 Å². The minimum atomic E-state index is -0.482. The highest BCUT2D eigenvalue weighted by Crippen LogP contribution is 2.18. The summed E-state index contributed by atoms with van der Waals surface area (Å²) in [7, 11) is 1.54. The van der Waals surface area contributed by atoms with E-state index in [0.29, 0.717) is 22.8 Å². The second kappa shape index (κ2) is 8.53. The molecule has 0 aliphatic rings. The fourth-order valence-corrected chi connectivity index (χ4v) is 2.36. The fourth-order valence-electron chi connectivity index (χ4n) is 2.36. The molecule has 27 heavy (non-hydrogen) atoms. The molecule has 0 fully saturated rings. The zero-order chi connectivity index (χ0) is 19.1. The second-order valence-electron chi connectivity index (χ2n) is 5.58.